The van der Waals surface area contributed by atoms with Crippen molar-refractivity contribution in [3.05, 3.63) is 29.1 Å². The number of nitrogens with zero attached hydrogens (tertiary/aromatic N) is 1. The van der Waals surface area contributed by atoms with Crippen LogP contribution in [0.5, 0.6) is 0 Å². The third kappa shape index (κ3) is 3.62. The van der Waals surface area contributed by atoms with Gasteiger partial charge in [-0.15, -0.1) is 11.3 Å². The fourth-order valence-corrected chi connectivity index (χ4v) is 3.33. The van der Waals surface area contributed by atoms with E-state index >= 15 is 0 Å². The summed E-state index contributed by atoms with van der Waals surface area (Å²) in [6, 6.07) is 7.27. The Bertz CT molecular complexity index is 722. The van der Waals surface area contributed by atoms with E-state index in [-0.39, 0.29) is 12.0 Å². The van der Waals surface area contributed by atoms with Crippen LogP contribution in [-0.2, 0) is 9.47 Å². The van der Waals surface area contributed by atoms with Crippen LogP contribution >= 0.6 is 11.3 Å². The minimum atomic E-state index is -0.312. The van der Waals surface area contributed by atoms with E-state index < -0.39 is 0 Å². The molecule has 1 N–H and O–H groups in total. The number of urea groups is 1. The summed E-state index contributed by atoms with van der Waals surface area (Å²) in [6.07, 6.45) is 0. The Morgan fingerprint density at radius 1 is 1.30 bits per heavy atom. The highest BCUT2D eigenvalue weighted by Crippen LogP contribution is 2.28. The largest absolute Gasteiger partial charge is 0.462 e. The molecule has 23 heavy (non-hydrogen) atoms. The minimum Gasteiger partial charge on any atom is -0.462 e. The molecule has 1 aromatic carbocycles. The van der Waals surface area contributed by atoms with Gasteiger partial charge in [0.1, 0.15) is 4.88 Å². The molecule has 2 heterocycles. The van der Waals surface area contributed by atoms with E-state index in [1.807, 2.05) is 18.2 Å². The quantitative estimate of drug-likeness (QED) is 0.876. The maximum Gasteiger partial charge on any atom is 0.348 e. The predicted octanol–water partition coefficient (Wildman–Crippen LogP) is 2.94. The van der Waals surface area contributed by atoms with Crippen molar-refractivity contribution in [2.75, 3.05) is 38.2 Å². The van der Waals surface area contributed by atoms with Gasteiger partial charge >= 0.3 is 12.0 Å². The number of benzene rings is 1. The zero-order valence-corrected chi connectivity index (χ0v) is 13.6. The lowest BCUT2D eigenvalue weighted by atomic mass is 10.2. The normalized spacial score (nSPS) is 14.7. The summed E-state index contributed by atoms with van der Waals surface area (Å²) >= 11 is 1.39. The minimum absolute atomic E-state index is 0.131. The third-order valence-electron chi connectivity index (χ3n) is 3.54. The van der Waals surface area contributed by atoms with E-state index in [9.17, 15) is 9.59 Å². The molecule has 0 unspecified atom stereocenters. The van der Waals surface area contributed by atoms with Crippen LogP contribution < -0.4 is 5.32 Å². The fraction of sp³-hybridized carbons (Fsp3) is 0.375. The van der Waals surface area contributed by atoms with Gasteiger partial charge in [0.2, 0.25) is 0 Å². The summed E-state index contributed by atoms with van der Waals surface area (Å²) in [7, 11) is 0. The number of fused-ring (bicyclic) bond motifs is 1. The van der Waals surface area contributed by atoms with Gasteiger partial charge in [-0.05, 0) is 36.6 Å². The molecule has 0 radical (unpaired) electrons. The molecule has 0 saturated carbocycles. The fourth-order valence-electron chi connectivity index (χ4n) is 2.39. The van der Waals surface area contributed by atoms with Crippen molar-refractivity contribution < 1.29 is 19.1 Å². The monoisotopic (exact) mass is 334 g/mol. The number of amides is 2. The van der Waals surface area contributed by atoms with Crippen molar-refractivity contribution >= 4 is 39.1 Å². The summed E-state index contributed by atoms with van der Waals surface area (Å²) in [5.74, 6) is -0.312. The predicted molar refractivity (Wildman–Crippen MR) is 89.2 cm³/mol. The van der Waals surface area contributed by atoms with Gasteiger partial charge in [0.05, 0.1) is 19.8 Å². The van der Waals surface area contributed by atoms with E-state index in [0.29, 0.717) is 43.5 Å². The van der Waals surface area contributed by atoms with Gasteiger partial charge in [0.25, 0.3) is 0 Å². The van der Waals surface area contributed by atoms with E-state index in [2.05, 4.69) is 5.32 Å². The highest BCUT2D eigenvalue weighted by molar-refractivity contribution is 7.20. The van der Waals surface area contributed by atoms with E-state index in [4.69, 9.17) is 9.47 Å². The molecular weight excluding hydrogens is 316 g/mol. The van der Waals surface area contributed by atoms with Gasteiger partial charge in [0, 0.05) is 23.5 Å². The molecule has 1 aliphatic rings. The van der Waals surface area contributed by atoms with Crippen molar-refractivity contribution in [1.29, 1.82) is 0 Å². The number of hydrogen-bond acceptors (Lipinski definition) is 5. The number of rotatable bonds is 3. The number of hydrogen-bond donors (Lipinski definition) is 1. The van der Waals surface area contributed by atoms with Crippen molar-refractivity contribution in [2.24, 2.45) is 0 Å². The average molecular weight is 334 g/mol. The first-order valence-corrected chi connectivity index (χ1v) is 8.33. The Kier molecular flexibility index (Phi) is 4.78. The second kappa shape index (κ2) is 6.97. The van der Waals surface area contributed by atoms with Gasteiger partial charge in [-0.3, -0.25) is 0 Å². The number of carbonyl (C=O) groups is 2. The first-order chi connectivity index (χ1) is 11.2. The molecule has 1 aromatic heterocycles. The lowest BCUT2D eigenvalue weighted by Gasteiger charge is -2.26. The SMILES string of the molecule is CCOC(=O)c1cc2cc(NC(=O)N3CCOCC3)ccc2s1. The number of thiophene rings is 1. The third-order valence-corrected chi connectivity index (χ3v) is 4.64. The van der Waals surface area contributed by atoms with E-state index in [1.165, 1.54) is 11.3 Å². The summed E-state index contributed by atoms with van der Waals surface area (Å²) in [5.41, 5.74) is 0.710. The van der Waals surface area contributed by atoms with Crippen LogP contribution in [0.25, 0.3) is 10.1 Å². The van der Waals surface area contributed by atoms with Crippen molar-refractivity contribution in [1.82, 2.24) is 4.90 Å². The lowest BCUT2D eigenvalue weighted by molar-refractivity contribution is 0.0532. The first-order valence-electron chi connectivity index (χ1n) is 7.52. The van der Waals surface area contributed by atoms with Crippen molar-refractivity contribution in [3.8, 4) is 0 Å². The summed E-state index contributed by atoms with van der Waals surface area (Å²) in [6.45, 7) is 4.47. The Labute approximate surface area is 138 Å². The van der Waals surface area contributed by atoms with Gasteiger partial charge in [0.15, 0.2) is 0 Å². The average Bonchev–Trinajstić information content (AvgIpc) is 2.99. The number of ether oxygens (including phenoxy) is 2. The molecule has 0 spiro atoms. The molecule has 2 amide bonds. The molecule has 0 bridgehead atoms. The first kappa shape index (κ1) is 15.8. The van der Waals surface area contributed by atoms with Gasteiger partial charge < -0.3 is 19.7 Å². The van der Waals surface area contributed by atoms with Crippen LogP contribution in [0, 0.1) is 0 Å². The van der Waals surface area contributed by atoms with Gasteiger partial charge in [-0.2, -0.15) is 0 Å². The smallest absolute Gasteiger partial charge is 0.348 e. The highest BCUT2D eigenvalue weighted by atomic mass is 32.1. The second-order valence-corrected chi connectivity index (χ2v) is 6.20. The number of morpholine rings is 1. The van der Waals surface area contributed by atoms with Crippen molar-refractivity contribution in [3.63, 3.8) is 0 Å². The number of carbonyl (C=O) groups excluding carboxylic acids is 2. The molecule has 1 saturated heterocycles. The van der Waals surface area contributed by atoms with Gasteiger partial charge in [-0.1, -0.05) is 0 Å². The van der Waals surface area contributed by atoms with E-state index in [0.717, 1.165) is 10.1 Å². The van der Waals surface area contributed by atoms with Crippen LogP contribution in [0.3, 0.4) is 0 Å². The number of nitrogens with one attached hydrogen (secondary N) is 1. The maximum atomic E-state index is 12.2. The summed E-state index contributed by atoms with van der Waals surface area (Å²) < 4.78 is 11.2. The Balaban J connectivity index is 1.74. The Morgan fingerprint density at radius 2 is 2.09 bits per heavy atom. The molecule has 3 rings (SSSR count). The Hall–Kier alpha value is -2.12. The highest BCUT2D eigenvalue weighted by Gasteiger charge is 2.17. The molecule has 6 nitrogen and oxygen atoms in total. The molecule has 2 aromatic rings. The number of anilines is 1. The molecular formula is C16H18N2O4S. The van der Waals surface area contributed by atoms with Crippen LogP contribution in [-0.4, -0.2) is 49.8 Å². The van der Waals surface area contributed by atoms with Crippen molar-refractivity contribution in [2.45, 2.75) is 6.92 Å². The topological polar surface area (TPSA) is 67.9 Å². The van der Waals surface area contributed by atoms with Gasteiger partial charge in [-0.25, -0.2) is 9.59 Å². The molecule has 1 aliphatic heterocycles. The van der Waals surface area contributed by atoms with Crippen LogP contribution in [0.1, 0.15) is 16.6 Å². The number of esters is 1. The Morgan fingerprint density at radius 3 is 2.83 bits per heavy atom. The summed E-state index contributed by atoms with van der Waals surface area (Å²) in [5, 5.41) is 3.80. The molecule has 1 fully saturated rings. The maximum absolute atomic E-state index is 12.2. The summed E-state index contributed by atoms with van der Waals surface area (Å²) in [4.78, 5) is 26.3. The molecule has 0 atom stereocenters. The lowest BCUT2D eigenvalue weighted by Crippen LogP contribution is -2.43. The zero-order valence-electron chi connectivity index (χ0n) is 12.8. The molecule has 122 valence electrons. The second-order valence-electron chi connectivity index (χ2n) is 5.11. The van der Waals surface area contributed by atoms with E-state index in [1.54, 1.807) is 17.9 Å². The zero-order chi connectivity index (χ0) is 16.2. The van der Waals surface area contributed by atoms with Crippen LogP contribution in [0.4, 0.5) is 10.5 Å². The molecule has 0 aliphatic carbocycles. The standard InChI is InChI=1S/C16H18N2O4S/c1-2-22-15(19)14-10-11-9-12(3-4-13(11)23-14)17-16(20)18-5-7-21-8-6-18/h3-4,9-10H,2,5-8H2,1H3,(H,17,20). The molecule has 7 heteroatoms. The van der Waals surface area contributed by atoms with Crippen LogP contribution in [0.2, 0.25) is 0 Å². The van der Waals surface area contributed by atoms with Crippen LogP contribution in [0.15, 0.2) is 24.3 Å².